The second-order valence-corrected chi connectivity index (χ2v) is 4.06. The van der Waals surface area contributed by atoms with Gasteiger partial charge in [0.15, 0.2) is 0 Å². The standard InChI is InChI=1S/C11H18O3/c1-2-4-10(5-3-1)6-7-13-14-9-11-8-12-11/h6-7,10-11H,1-5,8-9H2. The van der Waals surface area contributed by atoms with E-state index < -0.39 is 0 Å². The van der Waals surface area contributed by atoms with Crippen molar-refractivity contribution in [2.75, 3.05) is 13.2 Å². The van der Waals surface area contributed by atoms with Crippen molar-refractivity contribution >= 4 is 0 Å². The van der Waals surface area contributed by atoms with E-state index in [1.54, 1.807) is 6.26 Å². The highest BCUT2D eigenvalue weighted by atomic mass is 17.2. The van der Waals surface area contributed by atoms with Crippen LogP contribution in [-0.4, -0.2) is 19.3 Å². The molecule has 80 valence electrons. The van der Waals surface area contributed by atoms with Crippen LogP contribution in [0.2, 0.25) is 0 Å². The summed E-state index contributed by atoms with van der Waals surface area (Å²) in [5, 5.41) is 0. The van der Waals surface area contributed by atoms with Crippen molar-refractivity contribution in [3.63, 3.8) is 0 Å². The van der Waals surface area contributed by atoms with Crippen molar-refractivity contribution in [1.82, 2.24) is 0 Å². The SMILES string of the molecule is C(=CC1CCCCC1)OOCC1CO1. The van der Waals surface area contributed by atoms with Gasteiger partial charge in [0.2, 0.25) is 0 Å². The van der Waals surface area contributed by atoms with Gasteiger partial charge in [-0.15, -0.1) is 0 Å². The minimum atomic E-state index is 0.276. The van der Waals surface area contributed by atoms with Crippen LogP contribution in [0.3, 0.4) is 0 Å². The van der Waals surface area contributed by atoms with Gasteiger partial charge in [-0.25, -0.2) is 0 Å². The van der Waals surface area contributed by atoms with E-state index in [1.165, 1.54) is 32.1 Å². The number of allylic oxidation sites excluding steroid dienone is 1. The van der Waals surface area contributed by atoms with E-state index in [1.807, 2.05) is 0 Å². The molecular formula is C11H18O3. The topological polar surface area (TPSA) is 31.0 Å². The third kappa shape index (κ3) is 3.68. The Morgan fingerprint density at radius 3 is 2.71 bits per heavy atom. The summed E-state index contributed by atoms with van der Waals surface area (Å²) >= 11 is 0. The molecule has 1 saturated carbocycles. The zero-order valence-corrected chi connectivity index (χ0v) is 8.48. The molecule has 0 spiro atoms. The van der Waals surface area contributed by atoms with Crippen LogP contribution < -0.4 is 0 Å². The van der Waals surface area contributed by atoms with Gasteiger partial charge in [-0.1, -0.05) is 19.3 Å². The van der Waals surface area contributed by atoms with Gasteiger partial charge in [-0.05, 0) is 24.8 Å². The van der Waals surface area contributed by atoms with E-state index >= 15 is 0 Å². The summed E-state index contributed by atoms with van der Waals surface area (Å²) in [6.07, 6.45) is 10.8. The molecule has 0 N–H and O–H groups in total. The first kappa shape index (κ1) is 9.99. The zero-order chi connectivity index (χ0) is 9.64. The maximum absolute atomic E-state index is 4.98. The molecule has 1 aliphatic heterocycles. The molecule has 0 bridgehead atoms. The molecule has 2 fully saturated rings. The predicted octanol–water partition coefficient (Wildman–Crippen LogP) is 2.43. The van der Waals surface area contributed by atoms with Crippen LogP contribution in [0.1, 0.15) is 32.1 Å². The zero-order valence-electron chi connectivity index (χ0n) is 8.48. The smallest absolute Gasteiger partial charge is 0.125 e. The fraction of sp³-hybridized carbons (Fsp3) is 0.818. The van der Waals surface area contributed by atoms with Crippen LogP contribution in [0.25, 0.3) is 0 Å². The highest BCUT2D eigenvalue weighted by Crippen LogP contribution is 2.24. The number of hydrogen-bond acceptors (Lipinski definition) is 3. The lowest BCUT2D eigenvalue weighted by atomic mass is 9.89. The van der Waals surface area contributed by atoms with Gasteiger partial charge in [0, 0.05) is 0 Å². The van der Waals surface area contributed by atoms with Crippen molar-refractivity contribution in [2.45, 2.75) is 38.2 Å². The number of hydrogen-bond donors (Lipinski definition) is 0. The minimum absolute atomic E-state index is 0.276. The Kier molecular flexibility index (Phi) is 3.83. The molecule has 0 aromatic heterocycles. The average Bonchev–Trinajstić information content (AvgIpc) is 3.03. The molecule has 0 aromatic rings. The first-order valence-electron chi connectivity index (χ1n) is 5.52. The first-order chi connectivity index (χ1) is 6.95. The van der Waals surface area contributed by atoms with E-state index in [9.17, 15) is 0 Å². The summed E-state index contributed by atoms with van der Waals surface area (Å²) in [4.78, 5) is 9.86. The van der Waals surface area contributed by atoms with Crippen molar-refractivity contribution in [3.8, 4) is 0 Å². The molecule has 3 heteroatoms. The molecule has 3 nitrogen and oxygen atoms in total. The van der Waals surface area contributed by atoms with E-state index in [4.69, 9.17) is 14.5 Å². The monoisotopic (exact) mass is 198 g/mol. The molecule has 1 aliphatic carbocycles. The fourth-order valence-electron chi connectivity index (χ4n) is 1.79. The van der Waals surface area contributed by atoms with Crippen LogP contribution in [0.15, 0.2) is 12.3 Å². The van der Waals surface area contributed by atoms with Crippen LogP contribution >= 0.6 is 0 Å². The molecule has 2 aliphatic rings. The number of rotatable bonds is 5. The summed E-state index contributed by atoms with van der Waals surface area (Å²) in [6, 6.07) is 0. The third-order valence-electron chi connectivity index (χ3n) is 2.78. The first-order valence-corrected chi connectivity index (χ1v) is 5.52. The Hall–Kier alpha value is -0.540. The second kappa shape index (κ2) is 5.37. The minimum Gasteiger partial charge on any atom is -0.370 e. The second-order valence-electron chi connectivity index (χ2n) is 4.06. The van der Waals surface area contributed by atoms with Crippen molar-refractivity contribution in [3.05, 3.63) is 12.3 Å². The molecule has 2 rings (SSSR count). The molecule has 0 aromatic carbocycles. The van der Waals surface area contributed by atoms with Crippen LogP contribution in [-0.2, 0) is 14.5 Å². The predicted molar refractivity (Wildman–Crippen MR) is 52.5 cm³/mol. The van der Waals surface area contributed by atoms with Gasteiger partial charge in [0.05, 0.1) is 6.61 Å². The van der Waals surface area contributed by atoms with Crippen molar-refractivity contribution in [2.24, 2.45) is 5.92 Å². The van der Waals surface area contributed by atoms with Gasteiger partial charge >= 0.3 is 0 Å². The molecule has 0 radical (unpaired) electrons. The summed E-state index contributed by atoms with van der Waals surface area (Å²) in [6.45, 7) is 1.37. The quantitative estimate of drug-likeness (QED) is 0.223. The molecule has 1 saturated heterocycles. The van der Waals surface area contributed by atoms with Gasteiger partial charge in [-0.2, -0.15) is 4.89 Å². The molecular weight excluding hydrogens is 180 g/mol. The molecule has 1 unspecified atom stereocenters. The van der Waals surface area contributed by atoms with Crippen molar-refractivity contribution in [1.29, 1.82) is 0 Å². The highest BCUT2D eigenvalue weighted by Gasteiger charge is 2.22. The summed E-state index contributed by atoms with van der Waals surface area (Å²) in [5.74, 6) is 0.699. The van der Waals surface area contributed by atoms with Crippen LogP contribution in [0, 0.1) is 5.92 Å². The van der Waals surface area contributed by atoms with Crippen molar-refractivity contribution < 1.29 is 14.5 Å². The molecule has 1 atom stereocenters. The van der Waals surface area contributed by atoms with E-state index in [0.717, 1.165) is 6.61 Å². The lowest BCUT2D eigenvalue weighted by Crippen LogP contribution is -2.03. The molecule has 1 heterocycles. The van der Waals surface area contributed by atoms with E-state index in [2.05, 4.69) is 6.08 Å². The molecule has 14 heavy (non-hydrogen) atoms. The summed E-state index contributed by atoms with van der Waals surface area (Å²) in [7, 11) is 0. The van der Waals surface area contributed by atoms with Crippen LogP contribution in [0.4, 0.5) is 0 Å². The average molecular weight is 198 g/mol. The number of ether oxygens (including phenoxy) is 1. The Labute approximate surface area is 85.0 Å². The maximum Gasteiger partial charge on any atom is 0.125 e. The summed E-state index contributed by atoms with van der Waals surface area (Å²) in [5.41, 5.74) is 0. The lowest BCUT2D eigenvalue weighted by molar-refractivity contribution is -0.251. The Morgan fingerprint density at radius 2 is 2.00 bits per heavy atom. The van der Waals surface area contributed by atoms with Crippen LogP contribution in [0.5, 0.6) is 0 Å². The third-order valence-corrected chi connectivity index (χ3v) is 2.78. The largest absolute Gasteiger partial charge is 0.370 e. The maximum atomic E-state index is 4.98. The van der Waals surface area contributed by atoms with Gasteiger partial charge in [0.1, 0.15) is 19.0 Å². The Morgan fingerprint density at radius 1 is 1.21 bits per heavy atom. The molecule has 0 amide bonds. The van der Waals surface area contributed by atoms with Gasteiger partial charge < -0.3 is 9.62 Å². The highest BCUT2D eigenvalue weighted by molar-refractivity contribution is 4.84. The Bertz CT molecular complexity index is 181. The summed E-state index contributed by atoms with van der Waals surface area (Å²) < 4.78 is 4.98. The van der Waals surface area contributed by atoms with Gasteiger partial charge in [-0.3, -0.25) is 0 Å². The normalized spacial score (nSPS) is 28.1. The van der Waals surface area contributed by atoms with Gasteiger partial charge in [0.25, 0.3) is 0 Å². The Balaban J connectivity index is 1.51. The number of epoxide rings is 1. The lowest BCUT2D eigenvalue weighted by Gasteiger charge is -2.17. The van der Waals surface area contributed by atoms with E-state index in [-0.39, 0.29) is 6.10 Å². The fourth-order valence-corrected chi connectivity index (χ4v) is 1.79. The van der Waals surface area contributed by atoms with E-state index in [0.29, 0.717) is 12.5 Å².